The number of terminal acetylenes is 1. The zero-order valence-corrected chi connectivity index (χ0v) is 21.9. The van der Waals surface area contributed by atoms with Crippen molar-refractivity contribution in [3.8, 4) is 18.1 Å². The van der Waals surface area contributed by atoms with Crippen molar-refractivity contribution in [2.45, 2.75) is 46.0 Å². The van der Waals surface area contributed by atoms with Gasteiger partial charge < -0.3 is 15.5 Å². The summed E-state index contributed by atoms with van der Waals surface area (Å²) < 4.78 is 5.47. The number of carbonyl (C=O) groups is 1. The molecular weight excluding hydrogens is 468 g/mol. The number of amides is 1. The predicted octanol–water partition coefficient (Wildman–Crippen LogP) is 7.10. The molecule has 1 aliphatic rings. The van der Waals surface area contributed by atoms with Crippen LogP contribution in [0, 0.1) is 26.2 Å². The summed E-state index contributed by atoms with van der Waals surface area (Å²) in [5.41, 5.74) is 12.4. The number of aryl methyl sites for hydroxylation is 3. The lowest BCUT2D eigenvalue weighted by molar-refractivity contribution is -0.115. The van der Waals surface area contributed by atoms with Gasteiger partial charge in [0.2, 0.25) is 5.91 Å². The maximum atomic E-state index is 9.22. The highest BCUT2D eigenvalue weighted by molar-refractivity contribution is 6.31. The first-order valence-electron chi connectivity index (χ1n) is 12.0. The van der Waals surface area contributed by atoms with E-state index in [-0.39, 0.29) is 5.91 Å². The average molecular weight is 501 g/mol. The third-order valence-electron chi connectivity index (χ3n) is 5.99. The fourth-order valence-corrected chi connectivity index (χ4v) is 4.50. The van der Waals surface area contributed by atoms with Crippen LogP contribution in [0.3, 0.4) is 0 Å². The molecule has 3 N–H and O–H groups in total. The molecule has 0 fully saturated rings. The summed E-state index contributed by atoms with van der Waals surface area (Å²) in [7, 11) is 0. The number of benzene rings is 3. The molecule has 4 aromatic rings. The van der Waals surface area contributed by atoms with E-state index in [0.29, 0.717) is 12.5 Å². The Hall–Kier alpha value is -3.68. The zero-order valence-electron chi connectivity index (χ0n) is 21.1. The highest BCUT2D eigenvalue weighted by Crippen LogP contribution is 2.40. The minimum atomic E-state index is -0.333. The number of nitrogens with two attached hydrogens (primary N) is 1. The standard InChI is InChI=1S/C21H18ClNO.C8H10.C2H5NO/c1-2-12-24-16-9-6-14(7-10-16)17-4-3-5-18-19-13-15(22)8-11-20(19)23-21(17)18;1-7-3-5-8(2)6-4-7;1-2(3)4/h1,6-11,13,17,23H,3-5,12H2;3-6H,1-2H3;1H3,(H2,3,4). The number of nitrogens with one attached hydrogen (secondary N) is 1. The number of hydrogen-bond acceptors (Lipinski definition) is 2. The number of hydrogen-bond donors (Lipinski definition) is 2. The second-order valence-electron chi connectivity index (χ2n) is 8.98. The first kappa shape index (κ1) is 26.9. The van der Waals surface area contributed by atoms with Gasteiger partial charge in [-0.3, -0.25) is 4.79 Å². The van der Waals surface area contributed by atoms with Gasteiger partial charge in [-0.2, -0.15) is 0 Å². The monoisotopic (exact) mass is 500 g/mol. The van der Waals surface area contributed by atoms with Crippen LogP contribution in [0.1, 0.15) is 53.6 Å². The summed E-state index contributed by atoms with van der Waals surface area (Å²) in [6.07, 6.45) is 8.68. The van der Waals surface area contributed by atoms with Crippen LogP contribution in [-0.2, 0) is 11.2 Å². The summed E-state index contributed by atoms with van der Waals surface area (Å²) in [5.74, 6) is 3.36. The van der Waals surface area contributed by atoms with Crippen LogP contribution >= 0.6 is 11.6 Å². The van der Waals surface area contributed by atoms with Gasteiger partial charge >= 0.3 is 0 Å². The smallest absolute Gasteiger partial charge is 0.214 e. The van der Waals surface area contributed by atoms with Crippen molar-refractivity contribution in [3.63, 3.8) is 0 Å². The number of aromatic amines is 1. The molecule has 4 nitrogen and oxygen atoms in total. The van der Waals surface area contributed by atoms with E-state index < -0.39 is 0 Å². The highest BCUT2D eigenvalue weighted by Gasteiger charge is 2.25. The molecule has 0 aliphatic heterocycles. The van der Waals surface area contributed by atoms with Gasteiger partial charge in [0, 0.05) is 34.5 Å². The van der Waals surface area contributed by atoms with Crippen LogP contribution < -0.4 is 10.5 Å². The molecule has 5 heteroatoms. The van der Waals surface area contributed by atoms with Gasteiger partial charge in [-0.15, -0.1) is 6.42 Å². The molecule has 0 spiro atoms. The van der Waals surface area contributed by atoms with E-state index in [0.717, 1.165) is 23.6 Å². The third-order valence-corrected chi connectivity index (χ3v) is 6.23. The van der Waals surface area contributed by atoms with Crippen molar-refractivity contribution < 1.29 is 9.53 Å². The normalized spacial score (nSPS) is 13.8. The molecule has 1 unspecified atom stereocenters. The summed E-state index contributed by atoms with van der Waals surface area (Å²) in [6.45, 7) is 5.80. The van der Waals surface area contributed by atoms with Crippen molar-refractivity contribution in [2.75, 3.05) is 6.61 Å². The van der Waals surface area contributed by atoms with Crippen molar-refractivity contribution in [1.82, 2.24) is 4.98 Å². The number of carbonyl (C=O) groups excluding carboxylic acids is 1. The molecule has 1 atom stereocenters. The van der Waals surface area contributed by atoms with Crippen LogP contribution in [0.15, 0.2) is 66.7 Å². The molecule has 1 aliphatic carbocycles. The SMILES string of the molecule is C#CCOc1ccc(C2CCCc3c2[nH]c2ccc(Cl)cc32)cc1.CC(N)=O.Cc1ccc(C)cc1. The maximum Gasteiger partial charge on any atom is 0.214 e. The maximum absolute atomic E-state index is 9.22. The largest absolute Gasteiger partial charge is 0.481 e. The van der Waals surface area contributed by atoms with E-state index in [1.165, 1.54) is 52.2 Å². The Kier molecular flexibility index (Phi) is 9.61. The molecule has 0 radical (unpaired) electrons. The predicted molar refractivity (Wildman–Crippen MR) is 150 cm³/mol. The van der Waals surface area contributed by atoms with Crippen LogP contribution in [0.4, 0.5) is 0 Å². The van der Waals surface area contributed by atoms with Crippen LogP contribution in [0.25, 0.3) is 10.9 Å². The molecule has 186 valence electrons. The lowest BCUT2D eigenvalue weighted by Crippen LogP contribution is -2.10. The quantitative estimate of drug-likeness (QED) is 0.295. The summed E-state index contributed by atoms with van der Waals surface area (Å²) in [6, 6.07) is 22.9. The van der Waals surface area contributed by atoms with E-state index in [2.05, 4.69) is 79.0 Å². The highest BCUT2D eigenvalue weighted by atomic mass is 35.5. The summed E-state index contributed by atoms with van der Waals surface area (Å²) >= 11 is 6.19. The van der Waals surface area contributed by atoms with E-state index in [1.54, 1.807) is 0 Å². The number of ether oxygens (including phenoxy) is 1. The Morgan fingerprint density at radius 1 is 1.08 bits per heavy atom. The summed E-state index contributed by atoms with van der Waals surface area (Å²) in [4.78, 5) is 12.8. The molecule has 1 amide bonds. The number of primary amides is 1. The van der Waals surface area contributed by atoms with Crippen molar-refractivity contribution >= 4 is 28.4 Å². The first-order chi connectivity index (χ1) is 17.3. The molecule has 3 aromatic carbocycles. The Morgan fingerprint density at radius 3 is 2.28 bits per heavy atom. The van der Waals surface area contributed by atoms with Gasteiger partial charge in [0.25, 0.3) is 0 Å². The van der Waals surface area contributed by atoms with Gasteiger partial charge in [-0.25, -0.2) is 0 Å². The molecule has 0 saturated heterocycles. The van der Waals surface area contributed by atoms with E-state index in [9.17, 15) is 4.79 Å². The van der Waals surface area contributed by atoms with E-state index >= 15 is 0 Å². The fourth-order valence-electron chi connectivity index (χ4n) is 4.33. The Labute approximate surface area is 218 Å². The fraction of sp³-hybridized carbons (Fsp3) is 0.258. The third kappa shape index (κ3) is 7.41. The van der Waals surface area contributed by atoms with Gasteiger partial charge in [0.15, 0.2) is 0 Å². The lowest BCUT2D eigenvalue weighted by Gasteiger charge is -2.23. The Morgan fingerprint density at radius 2 is 1.69 bits per heavy atom. The van der Waals surface area contributed by atoms with Gasteiger partial charge in [-0.1, -0.05) is 65.0 Å². The number of rotatable bonds is 3. The minimum Gasteiger partial charge on any atom is -0.481 e. The molecular formula is C31H33ClN2O2. The topological polar surface area (TPSA) is 68.1 Å². The van der Waals surface area contributed by atoms with Gasteiger partial charge in [0.05, 0.1) is 0 Å². The molecule has 1 aromatic heterocycles. The van der Waals surface area contributed by atoms with Crippen molar-refractivity contribution in [1.29, 1.82) is 0 Å². The Balaban J connectivity index is 0.000000250. The van der Waals surface area contributed by atoms with Crippen molar-refractivity contribution in [3.05, 3.63) is 99.7 Å². The second kappa shape index (κ2) is 12.9. The molecule has 5 rings (SSSR count). The number of aromatic nitrogens is 1. The molecule has 1 heterocycles. The molecule has 36 heavy (non-hydrogen) atoms. The molecule has 0 saturated carbocycles. The summed E-state index contributed by atoms with van der Waals surface area (Å²) in [5, 5.41) is 2.05. The molecule has 0 bridgehead atoms. The van der Waals surface area contributed by atoms with Gasteiger partial charge in [0.1, 0.15) is 12.4 Å². The Bertz CT molecular complexity index is 1310. The van der Waals surface area contributed by atoms with Crippen LogP contribution in [0.5, 0.6) is 5.75 Å². The zero-order chi connectivity index (χ0) is 26.1. The number of halogens is 1. The number of H-pyrrole nitrogens is 1. The van der Waals surface area contributed by atoms with Crippen LogP contribution in [0.2, 0.25) is 5.02 Å². The first-order valence-corrected chi connectivity index (χ1v) is 12.4. The van der Waals surface area contributed by atoms with E-state index in [4.69, 9.17) is 22.8 Å². The lowest BCUT2D eigenvalue weighted by atomic mass is 9.82. The minimum absolute atomic E-state index is 0.301. The number of fused-ring (bicyclic) bond motifs is 3. The second-order valence-corrected chi connectivity index (χ2v) is 9.42. The van der Waals surface area contributed by atoms with Crippen molar-refractivity contribution in [2.24, 2.45) is 5.73 Å². The van der Waals surface area contributed by atoms with Crippen LogP contribution in [-0.4, -0.2) is 17.5 Å². The van der Waals surface area contributed by atoms with Gasteiger partial charge in [-0.05, 0) is 74.6 Å². The average Bonchev–Trinajstić information content (AvgIpc) is 3.23. The van der Waals surface area contributed by atoms with E-state index in [1.807, 2.05) is 18.2 Å².